The van der Waals surface area contributed by atoms with E-state index in [9.17, 15) is 4.39 Å². The van der Waals surface area contributed by atoms with Crippen LogP contribution in [0.25, 0.3) is 22.1 Å². The summed E-state index contributed by atoms with van der Waals surface area (Å²) in [5, 5.41) is 3.06. The van der Waals surface area contributed by atoms with Gasteiger partial charge in [-0.2, -0.15) is 4.98 Å². The number of oxazole rings is 1. The number of aryl methyl sites for hydroxylation is 1. The van der Waals surface area contributed by atoms with Crippen LogP contribution in [0, 0.1) is 12.7 Å². The molecule has 0 atom stereocenters. The number of rotatable bonds is 3. The van der Waals surface area contributed by atoms with Gasteiger partial charge < -0.3 is 14.7 Å². The Morgan fingerprint density at radius 3 is 3.00 bits per heavy atom. The number of hydrogen-bond donors (Lipinski definition) is 2. The van der Waals surface area contributed by atoms with Gasteiger partial charge in [0.15, 0.2) is 5.58 Å². The Bertz CT molecular complexity index is 973. The van der Waals surface area contributed by atoms with Crippen LogP contribution in [-0.2, 0) is 6.54 Å². The average Bonchev–Trinajstić information content (AvgIpc) is 3.08. The lowest BCUT2D eigenvalue weighted by molar-refractivity contribution is 0.609. The Labute approximate surface area is 125 Å². The monoisotopic (exact) mass is 296 g/mol. The first kappa shape index (κ1) is 12.8. The van der Waals surface area contributed by atoms with Crippen LogP contribution in [0.2, 0.25) is 0 Å². The van der Waals surface area contributed by atoms with Gasteiger partial charge in [-0.1, -0.05) is 12.1 Å². The Morgan fingerprint density at radius 2 is 2.14 bits per heavy atom. The lowest BCUT2D eigenvalue weighted by atomic mass is 10.2. The van der Waals surface area contributed by atoms with Crippen molar-refractivity contribution in [2.24, 2.45) is 0 Å². The largest absolute Gasteiger partial charge is 0.424 e. The van der Waals surface area contributed by atoms with Crippen LogP contribution in [0.3, 0.4) is 0 Å². The number of nitrogens with one attached hydrogen (secondary N) is 2. The van der Waals surface area contributed by atoms with Gasteiger partial charge in [-0.05, 0) is 30.7 Å². The van der Waals surface area contributed by atoms with Crippen LogP contribution in [0.4, 0.5) is 10.4 Å². The van der Waals surface area contributed by atoms with Gasteiger partial charge in [0.2, 0.25) is 0 Å². The van der Waals surface area contributed by atoms with Gasteiger partial charge in [0.05, 0.1) is 17.6 Å². The molecular formula is C16H13FN4O. The molecule has 2 heterocycles. The molecule has 0 aliphatic carbocycles. The molecule has 0 amide bonds. The van der Waals surface area contributed by atoms with E-state index < -0.39 is 0 Å². The van der Waals surface area contributed by atoms with Gasteiger partial charge in [-0.3, -0.25) is 0 Å². The third-order valence-corrected chi connectivity index (χ3v) is 3.52. The van der Waals surface area contributed by atoms with Gasteiger partial charge in [0.1, 0.15) is 17.2 Å². The second-order valence-electron chi connectivity index (χ2n) is 5.14. The molecule has 0 aliphatic rings. The summed E-state index contributed by atoms with van der Waals surface area (Å²) in [6.45, 7) is 2.47. The molecule has 4 rings (SSSR count). The summed E-state index contributed by atoms with van der Waals surface area (Å²) in [5.74, 6) is 0.456. The molecule has 22 heavy (non-hydrogen) atoms. The molecule has 0 unspecified atom stereocenters. The normalized spacial score (nSPS) is 11.4. The van der Waals surface area contributed by atoms with Gasteiger partial charge in [-0.15, -0.1) is 0 Å². The third-order valence-electron chi connectivity index (χ3n) is 3.52. The average molecular weight is 296 g/mol. The van der Waals surface area contributed by atoms with Crippen molar-refractivity contribution >= 4 is 28.1 Å². The minimum Gasteiger partial charge on any atom is -0.424 e. The molecule has 6 heteroatoms. The van der Waals surface area contributed by atoms with Crippen molar-refractivity contribution < 1.29 is 8.81 Å². The number of H-pyrrole nitrogens is 1. The zero-order chi connectivity index (χ0) is 15.1. The highest BCUT2D eigenvalue weighted by Gasteiger charge is 2.08. The van der Waals surface area contributed by atoms with Crippen molar-refractivity contribution in [1.82, 2.24) is 15.0 Å². The lowest BCUT2D eigenvalue weighted by Crippen LogP contribution is -2.01. The van der Waals surface area contributed by atoms with Crippen LogP contribution >= 0.6 is 0 Å². The van der Waals surface area contributed by atoms with Crippen molar-refractivity contribution in [3.63, 3.8) is 0 Å². The molecule has 2 N–H and O–H groups in total. The van der Waals surface area contributed by atoms with Crippen molar-refractivity contribution in [2.45, 2.75) is 13.5 Å². The molecule has 0 saturated heterocycles. The van der Waals surface area contributed by atoms with E-state index in [1.54, 1.807) is 6.07 Å². The van der Waals surface area contributed by atoms with E-state index in [1.807, 2.05) is 25.1 Å². The fourth-order valence-corrected chi connectivity index (χ4v) is 2.45. The SMILES string of the molecule is Cc1cccc2[nH]c(CNc3nc4cc(F)ccc4o3)nc12. The number of benzene rings is 2. The molecule has 0 bridgehead atoms. The second-order valence-corrected chi connectivity index (χ2v) is 5.14. The van der Waals surface area contributed by atoms with Gasteiger partial charge in [-0.25, -0.2) is 9.37 Å². The van der Waals surface area contributed by atoms with Crippen molar-refractivity contribution in [3.8, 4) is 0 Å². The summed E-state index contributed by atoms with van der Waals surface area (Å²) in [4.78, 5) is 12.0. The number of para-hydroxylation sites is 1. The van der Waals surface area contributed by atoms with Crippen LogP contribution < -0.4 is 5.32 Å². The summed E-state index contributed by atoms with van der Waals surface area (Å²) < 4.78 is 18.6. The number of aromatic amines is 1. The molecule has 0 aliphatic heterocycles. The smallest absolute Gasteiger partial charge is 0.296 e. The number of nitrogens with zero attached hydrogens (tertiary/aromatic N) is 2. The molecule has 0 saturated carbocycles. The van der Waals surface area contributed by atoms with Crippen LogP contribution in [0.1, 0.15) is 11.4 Å². The van der Waals surface area contributed by atoms with E-state index in [1.165, 1.54) is 12.1 Å². The number of imidazole rings is 1. The molecule has 4 aromatic rings. The first-order valence-electron chi connectivity index (χ1n) is 6.93. The zero-order valence-electron chi connectivity index (χ0n) is 11.9. The highest BCUT2D eigenvalue weighted by molar-refractivity contribution is 5.78. The predicted molar refractivity (Wildman–Crippen MR) is 82.1 cm³/mol. The molecule has 110 valence electrons. The fraction of sp³-hybridized carbons (Fsp3) is 0.125. The van der Waals surface area contributed by atoms with Crippen molar-refractivity contribution in [3.05, 3.63) is 53.6 Å². The Balaban J connectivity index is 1.58. The van der Waals surface area contributed by atoms with E-state index >= 15 is 0 Å². The van der Waals surface area contributed by atoms with Crippen molar-refractivity contribution in [1.29, 1.82) is 0 Å². The van der Waals surface area contributed by atoms with Crippen LogP contribution in [-0.4, -0.2) is 15.0 Å². The molecule has 0 spiro atoms. The van der Waals surface area contributed by atoms with E-state index in [0.717, 1.165) is 22.4 Å². The summed E-state index contributed by atoms with van der Waals surface area (Å²) in [6, 6.07) is 10.6. The van der Waals surface area contributed by atoms with Gasteiger partial charge in [0.25, 0.3) is 6.01 Å². The zero-order valence-corrected chi connectivity index (χ0v) is 11.9. The molecular weight excluding hydrogens is 283 g/mol. The van der Waals surface area contributed by atoms with E-state index in [0.29, 0.717) is 23.7 Å². The number of hydrogen-bond acceptors (Lipinski definition) is 4. The number of aromatic nitrogens is 3. The number of fused-ring (bicyclic) bond motifs is 2. The summed E-state index contributed by atoms with van der Waals surface area (Å²) >= 11 is 0. The summed E-state index contributed by atoms with van der Waals surface area (Å²) in [7, 11) is 0. The van der Waals surface area contributed by atoms with Crippen LogP contribution in [0.15, 0.2) is 40.8 Å². The van der Waals surface area contributed by atoms with Crippen LogP contribution in [0.5, 0.6) is 0 Å². The Morgan fingerprint density at radius 1 is 1.23 bits per heavy atom. The Kier molecular flexibility index (Phi) is 2.82. The molecule has 0 fully saturated rings. The summed E-state index contributed by atoms with van der Waals surface area (Å²) in [6.07, 6.45) is 0. The third kappa shape index (κ3) is 2.18. The molecule has 0 radical (unpaired) electrons. The fourth-order valence-electron chi connectivity index (χ4n) is 2.45. The second kappa shape index (κ2) is 4.84. The molecule has 5 nitrogen and oxygen atoms in total. The first-order chi connectivity index (χ1) is 10.7. The predicted octanol–water partition coefficient (Wildman–Crippen LogP) is 3.76. The van der Waals surface area contributed by atoms with E-state index in [-0.39, 0.29) is 5.82 Å². The van der Waals surface area contributed by atoms with Crippen molar-refractivity contribution in [2.75, 3.05) is 5.32 Å². The molecule has 2 aromatic carbocycles. The first-order valence-corrected chi connectivity index (χ1v) is 6.93. The van der Waals surface area contributed by atoms with E-state index in [2.05, 4.69) is 20.3 Å². The Hall–Kier alpha value is -2.89. The number of anilines is 1. The number of halogens is 1. The van der Waals surface area contributed by atoms with Gasteiger partial charge in [0, 0.05) is 6.07 Å². The highest BCUT2D eigenvalue weighted by Crippen LogP contribution is 2.20. The standard InChI is InChI=1S/C16H13FN4O/c1-9-3-2-4-11-15(9)21-14(19-11)8-18-16-20-12-7-10(17)5-6-13(12)22-16/h2-7H,8H2,1H3,(H,18,20)(H,19,21). The topological polar surface area (TPSA) is 66.7 Å². The quantitative estimate of drug-likeness (QED) is 0.604. The van der Waals surface area contributed by atoms with Gasteiger partial charge >= 0.3 is 0 Å². The molecule has 2 aromatic heterocycles. The highest BCUT2D eigenvalue weighted by atomic mass is 19.1. The minimum atomic E-state index is -0.333. The lowest BCUT2D eigenvalue weighted by Gasteiger charge is -1.96. The maximum absolute atomic E-state index is 13.1. The maximum Gasteiger partial charge on any atom is 0.296 e. The minimum absolute atomic E-state index is 0.333. The summed E-state index contributed by atoms with van der Waals surface area (Å²) in [5.41, 5.74) is 4.11. The van der Waals surface area contributed by atoms with E-state index in [4.69, 9.17) is 4.42 Å². The maximum atomic E-state index is 13.1.